The molecule has 2 saturated heterocycles. The molecule has 1 N–H and O–H groups in total. The van der Waals surface area contributed by atoms with Gasteiger partial charge in [0.25, 0.3) is 0 Å². The Morgan fingerprint density at radius 3 is 1.62 bits per heavy atom. The Labute approximate surface area is 273 Å². The first-order valence-electron chi connectivity index (χ1n) is 13.6. The van der Waals surface area contributed by atoms with Crippen LogP contribution in [0.1, 0.15) is 36.0 Å². The molecule has 9 nitrogen and oxygen atoms in total. The number of rotatable bonds is 4. The van der Waals surface area contributed by atoms with Gasteiger partial charge < -0.3 is 24.9 Å². The number of amides is 2. The summed E-state index contributed by atoms with van der Waals surface area (Å²) in [6.07, 6.45) is 0. The second-order valence-corrected chi connectivity index (χ2v) is 12.8. The summed E-state index contributed by atoms with van der Waals surface area (Å²) in [6.45, 7) is 20.3. The first-order chi connectivity index (χ1) is 19.5. The third-order valence-corrected chi connectivity index (χ3v) is 9.50. The van der Waals surface area contributed by atoms with Crippen molar-refractivity contribution in [2.75, 3.05) is 84.0 Å². The number of anilines is 1. The second kappa shape index (κ2) is 23.8. The zero-order chi connectivity index (χ0) is 31.2. The lowest BCUT2D eigenvalue weighted by atomic mass is 10.3. The number of carbonyl (C=O) groups is 2. The maximum atomic E-state index is 11.1. The van der Waals surface area contributed by atoms with Gasteiger partial charge in [-0.2, -0.15) is 0 Å². The molecule has 0 saturated carbocycles. The number of nitrogens with zero attached hydrogens (tertiary/aromatic N) is 6. The van der Waals surface area contributed by atoms with E-state index < -0.39 is 7.15 Å². The second-order valence-electron chi connectivity index (χ2n) is 8.24. The molecule has 2 aromatic heterocycles. The highest BCUT2D eigenvalue weighted by molar-refractivity contribution is 9.11. The van der Waals surface area contributed by atoms with Crippen LogP contribution in [0.15, 0.2) is 23.9 Å². The van der Waals surface area contributed by atoms with Crippen molar-refractivity contribution in [1.29, 1.82) is 0 Å². The first-order valence-corrected chi connectivity index (χ1v) is 17.1. The molecule has 4 rings (SSSR count). The molecule has 2 aromatic rings. The fourth-order valence-corrected chi connectivity index (χ4v) is 6.47. The van der Waals surface area contributed by atoms with Gasteiger partial charge in [0, 0.05) is 77.0 Å². The van der Waals surface area contributed by atoms with Gasteiger partial charge in [0.2, 0.25) is 11.8 Å². The molecule has 2 aliphatic heterocycles. The monoisotopic (exact) mass is 794 g/mol. The van der Waals surface area contributed by atoms with E-state index in [2.05, 4.69) is 93.6 Å². The van der Waals surface area contributed by atoms with Crippen LogP contribution in [-0.2, 0) is 9.59 Å². The molecule has 40 heavy (non-hydrogen) atoms. The quantitative estimate of drug-likeness (QED) is 0.431. The van der Waals surface area contributed by atoms with E-state index in [1.165, 1.54) is 19.6 Å². The number of halogens is 4. The minimum Gasteiger partial charge on any atom is -0.345 e. The molecule has 2 fully saturated rings. The van der Waals surface area contributed by atoms with Gasteiger partial charge in [-0.25, -0.2) is 9.97 Å². The van der Waals surface area contributed by atoms with Crippen molar-refractivity contribution in [3.8, 4) is 0 Å². The van der Waals surface area contributed by atoms with E-state index in [1.807, 2.05) is 20.6 Å². The van der Waals surface area contributed by atoms with E-state index in [0.29, 0.717) is 0 Å². The van der Waals surface area contributed by atoms with Gasteiger partial charge in [-0.1, -0.05) is 20.8 Å². The van der Waals surface area contributed by atoms with Crippen LogP contribution in [0.5, 0.6) is 0 Å². The van der Waals surface area contributed by atoms with Crippen molar-refractivity contribution in [2.45, 2.75) is 34.6 Å². The Hall–Kier alpha value is -0.710. The van der Waals surface area contributed by atoms with Crippen LogP contribution in [0.25, 0.3) is 0 Å². The third-order valence-electron chi connectivity index (χ3n) is 5.81. The lowest BCUT2D eigenvalue weighted by Crippen LogP contribution is -2.48. The van der Waals surface area contributed by atoms with E-state index in [4.69, 9.17) is 1.37 Å². The van der Waals surface area contributed by atoms with Crippen molar-refractivity contribution < 1.29 is 15.4 Å². The Morgan fingerprint density at radius 1 is 0.900 bits per heavy atom. The van der Waals surface area contributed by atoms with Gasteiger partial charge >= 0.3 is 0 Å². The molecule has 2 aliphatic rings. The number of thiazole rings is 2. The van der Waals surface area contributed by atoms with Gasteiger partial charge in [-0.3, -0.25) is 14.0 Å². The number of alkyl halides is 1. The van der Waals surface area contributed by atoms with Crippen LogP contribution >= 0.6 is 70.5 Å². The SMILES string of the molecule is Brc1csc(Br)n1.CC(=O)N1CCN(c2nc(Br)cs2)CC1.CC(=O)N1CCNCC1.CCN(CC)CC.[2H]CF. The van der Waals surface area contributed by atoms with Gasteiger partial charge in [0.1, 0.15) is 9.21 Å². The number of carbonyl (C=O) groups excluding carboxylic acids is 2. The topological polar surface area (TPSA) is 84.9 Å². The summed E-state index contributed by atoms with van der Waals surface area (Å²) in [5, 5.41) is 8.11. The maximum Gasteiger partial charge on any atom is 0.219 e. The van der Waals surface area contributed by atoms with Crippen molar-refractivity contribution in [2.24, 2.45) is 0 Å². The standard InChI is InChI=1S/C9H12BrN3OS.C6H12N2O.C6H15N.C3HBr2NS.CH3F/c1-7(14)12-2-4-13(5-3-12)9-11-8(10)6-15-9;1-6(9)8-4-2-7-3-5-8;1-4-7(5-2)6-3;4-2-1-7-3(5)6-2;1-2/h6H,2-5H2,1H3;7H,2-5H2,1H3;4-6H2,1-3H3;1H;1H3/i;;;;1D. The first kappa shape index (κ1) is 37.3. The normalized spacial score (nSPS) is 14.8. The number of piperazine rings is 2. The molecule has 0 unspecified atom stereocenters. The highest BCUT2D eigenvalue weighted by atomic mass is 79.9. The molecule has 0 radical (unpaired) electrons. The minimum absolute atomic E-state index is 0.162. The lowest BCUT2D eigenvalue weighted by Gasteiger charge is -2.33. The Bertz CT molecular complexity index is 937. The maximum absolute atomic E-state index is 11.1. The zero-order valence-corrected chi connectivity index (χ0v) is 30.4. The van der Waals surface area contributed by atoms with Crippen LogP contribution < -0.4 is 10.2 Å². The van der Waals surface area contributed by atoms with Gasteiger partial charge in [0.05, 0.1) is 8.52 Å². The number of nitrogens with one attached hydrogen (secondary N) is 1. The molecule has 0 bridgehead atoms. The van der Waals surface area contributed by atoms with Crippen molar-refractivity contribution >= 4 is 87.4 Å². The van der Waals surface area contributed by atoms with E-state index in [0.717, 1.165) is 70.6 Å². The molecule has 0 atom stereocenters. The third kappa shape index (κ3) is 17.3. The zero-order valence-electron chi connectivity index (χ0n) is 25.0. The summed E-state index contributed by atoms with van der Waals surface area (Å²) in [5.41, 5.74) is 0. The van der Waals surface area contributed by atoms with Gasteiger partial charge in [0.15, 0.2) is 9.05 Å². The summed E-state index contributed by atoms with van der Waals surface area (Å²) in [5.74, 6) is 0.353. The Balaban J connectivity index is 0.000000533. The lowest BCUT2D eigenvalue weighted by molar-refractivity contribution is -0.130. The van der Waals surface area contributed by atoms with Gasteiger partial charge in [-0.15, -0.1) is 22.7 Å². The van der Waals surface area contributed by atoms with Crippen LogP contribution in [0, 0.1) is 0 Å². The van der Waals surface area contributed by atoms with E-state index in [-0.39, 0.29) is 11.8 Å². The molecule has 0 aliphatic carbocycles. The summed E-state index contributed by atoms with van der Waals surface area (Å²) in [7, 11) is -1.00. The van der Waals surface area contributed by atoms with Crippen LogP contribution in [0.3, 0.4) is 0 Å². The van der Waals surface area contributed by atoms with Crippen molar-refractivity contribution in [1.82, 2.24) is 30.0 Å². The molecular weight excluding hydrogens is 753 g/mol. The molecule has 4 heterocycles. The molecule has 15 heteroatoms. The number of hydrogen-bond acceptors (Lipinski definition) is 9. The van der Waals surface area contributed by atoms with Crippen molar-refractivity contribution in [3.05, 3.63) is 23.9 Å². The predicted molar refractivity (Wildman–Crippen MR) is 177 cm³/mol. The highest BCUT2D eigenvalue weighted by Gasteiger charge is 2.20. The number of hydrogen-bond donors (Lipinski definition) is 1. The smallest absolute Gasteiger partial charge is 0.219 e. The van der Waals surface area contributed by atoms with Crippen LogP contribution in [0.2, 0.25) is 0 Å². The minimum atomic E-state index is -1.00. The summed E-state index contributed by atoms with van der Waals surface area (Å²) in [6, 6.07) is 0. The molecular formula is C25H43Br3FN7O2S2. The van der Waals surface area contributed by atoms with E-state index in [9.17, 15) is 14.0 Å². The molecule has 2 amide bonds. The van der Waals surface area contributed by atoms with Crippen LogP contribution in [0.4, 0.5) is 9.52 Å². The summed E-state index contributed by atoms with van der Waals surface area (Å²) >= 11 is 12.9. The van der Waals surface area contributed by atoms with Crippen LogP contribution in [-0.4, -0.2) is 116 Å². The highest BCUT2D eigenvalue weighted by Crippen LogP contribution is 2.24. The molecule has 0 spiro atoms. The molecule has 0 aromatic carbocycles. The Morgan fingerprint density at radius 2 is 1.35 bits per heavy atom. The summed E-state index contributed by atoms with van der Waals surface area (Å²) < 4.78 is 18.2. The number of aromatic nitrogens is 2. The van der Waals surface area contributed by atoms with Crippen molar-refractivity contribution in [3.63, 3.8) is 0 Å². The predicted octanol–water partition coefficient (Wildman–Crippen LogP) is 5.61. The Kier molecular flexibility index (Phi) is 22.2. The summed E-state index contributed by atoms with van der Waals surface area (Å²) in [4.78, 5) is 38.5. The fraction of sp³-hybridized carbons (Fsp3) is 0.680. The van der Waals surface area contributed by atoms with E-state index in [1.54, 1.807) is 36.5 Å². The fourth-order valence-electron chi connectivity index (χ4n) is 3.49. The average Bonchev–Trinajstić information content (AvgIpc) is 3.58. The van der Waals surface area contributed by atoms with E-state index >= 15 is 0 Å². The molecule has 230 valence electrons. The largest absolute Gasteiger partial charge is 0.345 e. The average molecular weight is 798 g/mol. The van der Waals surface area contributed by atoms with Gasteiger partial charge in [-0.05, 0) is 67.4 Å².